The quantitative estimate of drug-likeness (QED) is 0.249. The fourth-order valence-electron chi connectivity index (χ4n) is 2.78. The zero-order valence-electron chi connectivity index (χ0n) is 20.8. The molecule has 0 aliphatic rings. The van der Waals surface area contributed by atoms with Crippen molar-refractivity contribution in [1.82, 2.24) is 10.6 Å². The lowest BCUT2D eigenvalue weighted by atomic mass is 10.2. The van der Waals surface area contributed by atoms with Gasteiger partial charge in [-0.25, -0.2) is 9.98 Å². The summed E-state index contributed by atoms with van der Waals surface area (Å²) in [7, 11) is 0. The monoisotopic (exact) mass is 498 g/mol. The van der Waals surface area contributed by atoms with Crippen LogP contribution in [0.4, 0.5) is 0 Å². The first kappa shape index (κ1) is 28.5. The molecule has 10 heteroatoms. The van der Waals surface area contributed by atoms with E-state index in [1.807, 2.05) is 26.0 Å². The highest BCUT2D eigenvalue weighted by atomic mass is 16.5. The fraction of sp³-hybridized carbons (Fsp3) is 0.385. The topological polar surface area (TPSA) is 120 Å². The van der Waals surface area contributed by atoms with Gasteiger partial charge in [0.25, 0.3) is 23.9 Å². The molecule has 0 aromatic heterocycles. The molecule has 2 amide bonds. The summed E-state index contributed by atoms with van der Waals surface area (Å²) in [4.78, 5) is 32.9. The third-order valence-corrected chi connectivity index (χ3v) is 4.43. The van der Waals surface area contributed by atoms with E-state index in [1.165, 1.54) is 0 Å². The molecule has 0 radical (unpaired) electrons. The number of benzene rings is 2. The number of amidine groups is 2. The smallest absolute Gasteiger partial charge is 0.291 e. The van der Waals surface area contributed by atoms with Crippen LogP contribution in [0, 0.1) is 0 Å². The molecule has 0 saturated heterocycles. The van der Waals surface area contributed by atoms with Crippen LogP contribution in [0.1, 0.15) is 34.6 Å². The minimum Gasteiger partial charge on any atom is -0.465 e. The van der Waals surface area contributed by atoms with Gasteiger partial charge in [0, 0.05) is 11.1 Å². The number of rotatable bonds is 13. The Morgan fingerprint density at radius 1 is 0.639 bits per heavy atom. The molecule has 0 heterocycles. The van der Waals surface area contributed by atoms with E-state index >= 15 is 0 Å². The van der Waals surface area contributed by atoms with Crippen molar-refractivity contribution in [3.63, 3.8) is 0 Å². The largest absolute Gasteiger partial charge is 0.465 e. The average molecular weight is 499 g/mol. The summed E-state index contributed by atoms with van der Waals surface area (Å²) in [5, 5.41) is 5.32. The molecule has 194 valence electrons. The summed E-state index contributed by atoms with van der Waals surface area (Å²) in [5.41, 5.74) is 1.05. The van der Waals surface area contributed by atoms with E-state index in [0.717, 1.165) is 0 Å². The third kappa shape index (κ3) is 11.6. The van der Waals surface area contributed by atoms with Crippen molar-refractivity contribution >= 4 is 23.9 Å². The maximum Gasteiger partial charge on any atom is 0.291 e. The molecule has 0 atom stereocenters. The van der Waals surface area contributed by atoms with Gasteiger partial charge in [0.1, 0.15) is 0 Å². The van der Waals surface area contributed by atoms with E-state index in [4.69, 9.17) is 18.9 Å². The highest BCUT2D eigenvalue weighted by Crippen LogP contribution is 1.99. The molecular formula is C26H34N4O6. The van der Waals surface area contributed by atoms with Crippen LogP contribution in [0.25, 0.3) is 0 Å². The molecule has 0 saturated carbocycles. The lowest BCUT2D eigenvalue weighted by Gasteiger charge is -2.10. The van der Waals surface area contributed by atoms with Gasteiger partial charge in [0.05, 0.1) is 52.7 Å². The summed E-state index contributed by atoms with van der Waals surface area (Å²) < 4.78 is 21.8. The standard InChI is InChI=1S/C26H34N4O6/c1-3-35-25(29-23(31)21-11-7-5-8-12-21)27-15-17-33-19-20-34-18-16-28-26(36-4-2)30-24(32)22-13-9-6-10-14-22/h5-14H,3-4,15-20H2,1-2H3,(H,27,29,31)(H,28,30,32). The maximum atomic E-state index is 12.2. The minimum absolute atomic E-state index is 0.161. The van der Waals surface area contributed by atoms with Crippen LogP contribution in [0.3, 0.4) is 0 Å². The first-order valence-corrected chi connectivity index (χ1v) is 11.9. The van der Waals surface area contributed by atoms with Crippen molar-refractivity contribution in [3.8, 4) is 0 Å². The third-order valence-electron chi connectivity index (χ3n) is 4.43. The number of hydrogen-bond donors (Lipinski definition) is 2. The van der Waals surface area contributed by atoms with Gasteiger partial charge in [-0.05, 0) is 38.1 Å². The van der Waals surface area contributed by atoms with Crippen molar-refractivity contribution in [2.24, 2.45) is 9.98 Å². The number of aliphatic imine (C=N–C) groups is 2. The number of ether oxygens (including phenoxy) is 4. The first-order chi connectivity index (χ1) is 17.6. The molecule has 36 heavy (non-hydrogen) atoms. The van der Waals surface area contributed by atoms with Gasteiger partial charge < -0.3 is 18.9 Å². The van der Waals surface area contributed by atoms with Gasteiger partial charge in [-0.3, -0.25) is 20.2 Å². The molecule has 0 aliphatic carbocycles. The number of carbonyl (C=O) groups is 2. The van der Waals surface area contributed by atoms with Crippen molar-refractivity contribution in [2.45, 2.75) is 13.8 Å². The lowest BCUT2D eigenvalue weighted by molar-refractivity contribution is 0.0537. The predicted molar refractivity (Wildman–Crippen MR) is 137 cm³/mol. The SMILES string of the molecule is CCOC(=NCCOCCOCCN=C(NC(=O)c1ccccc1)OCC)NC(=O)c1ccccc1. The Kier molecular flexibility index (Phi) is 14.0. The number of hydrogen-bond acceptors (Lipinski definition) is 8. The van der Waals surface area contributed by atoms with Gasteiger partial charge >= 0.3 is 0 Å². The Morgan fingerprint density at radius 3 is 1.39 bits per heavy atom. The normalized spacial score (nSPS) is 11.6. The van der Waals surface area contributed by atoms with Crippen molar-refractivity contribution in [3.05, 3.63) is 71.8 Å². The predicted octanol–water partition coefficient (Wildman–Crippen LogP) is 2.66. The molecule has 0 aliphatic heterocycles. The van der Waals surface area contributed by atoms with E-state index in [1.54, 1.807) is 48.5 Å². The highest BCUT2D eigenvalue weighted by Gasteiger charge is 2.10. The second kappa shape index (κ2) is 17.6. The fourth-order valence-corrected chi connectivity index (χ4v) is 2.78. The van der Waals surface area contributed by atoms with Crippen molar-refractivity contribution in [1.29, 1.82) is 0 Å². The Bertz CT molecular complexity index is 887. The molecule has 2 aromatic carbocycles. The van der Waals surface area contributed by atoms with Crippen LogP contribution in [-0.4, -0.2) is 76.6 Å². The van der Waals surface area contributed by atoms with Gasteiger partial charge in [0.15, 0.2) is 0 Å². The molecule has 0 fully saturated rings. The minimum atomic E-state index is -0.285. The maximum absolute atomic E-state index is 12.2. The van der Waals surface area contributed by atoms with Crippen LogP contribution in [0.15, 0.2) is 70.6 Å². The van der Waals surface area contributed by atoms with Crippen LogP contribution in [-0.2, 0) is 18.9 Å². The van der Waals surface area contributed by atoms with Crippen LogP contribution in [0.2, 0.25) is 0 Å². The van der Waals surface area contributed by atoms with Crippen molar-refractivity contribution in [2.75, 3.05) is 52.7 Å². The molecular weight excluding hydrogens is 464 g/mol. The second-order valence-electron chi connectivity index (χ2n) is 7.10. The van der Waals surface area contributed by atoms with Crippen LogP contribution < -0.4 is 10.6 Å². The van der Waals surface area contributed by atoms with E-state index < -0.39 is 0 Å². The van der Waals surface area contributed by atoms with Gasteiger partial charge in [0.2, 0.25) is 0 Å². The molecule has 2 aromatic rings. The first-order valence-electron chi connectivity index (χ1n) is 11.9. The summed E-state index contributed by atoms with van der Waals surface area (Å²) in [5.74, 6) is -0.571. The van der Waals surface area contributed by atoms with E-state index in [2.05, 4.69) is 20.6 Å². The molecule has 0 unspecified atom stereocenters. The van der Waals surface area contributed by atoms with Crippen molar-refractivity contribution < 1.29 is 28.5 Å². The molecule has 0 spiro atoms. The number of nitrogens with one attached hydrogen (secondary N) is 2. The van der Waals surface area contributed by atoms with Crippen LogP contribution in [0.5, 0.6) is 0 Å². The molecule has 2 N–H and O–H groups in total. The van der Waals surface area contributed by atoms with E-state index in [0.29, 0.717) is 63.9 Å². The van der Waals surface area contributed by atoms with E-state index in [9.17, 15) is 9.59 Å². The number of carbonyl (C=O) groups excluding carboxylic acids is 2. The summed E-state index contributed by atoms with van der Waals surface area (Å²) in [6.45, 7) is 6.50. The second-order valence-corrected chi connectivity index (χ2v) is 7.10. The number of amides is 2. The molecule has 0 bridgehead atoms. The van der Waals surface area contributed by atoms with Gasteiger partial charge in [-0.2, -0.15) is 0 Å². The Morgan fingerprint density at radius 2 is 1.03 bits per heavy atom. The Hall–Kier alpha value is -3.76. The van der Waals surface area contributed by atoms with Gasteiger partial charge in [-0.1, -0.05) is 36.4 Å². The summed E-state index contributed by atoms with van der Waals surface area (Å²) >= 11 is 0. The molecule has 10 nitrogen and oxygen atoms in total. The zero-order chi connectivity index (χ0) is 25.8. The highest BCUT2D eigenvalue weighted by molar-refractivity contribution is 6.04. The molecule has 2 rings (SSSR count). The van der Waals surface area contributed by atoms with E-state index in [-0.39, 0.29) is 23.9 Å². The number of nitrogens with zero attached hydrogens (tertiary/aromatic N) is 2. The summed E-state index contributed by atoms with van der Waals surface area (Å²) in [6.07, 6.45) is 0. The zero-order valence-corrected chi connectivity index (χ0v) is 20.8. The summed E-state index contributed by atoms with van der Waals surface area (Å²) in [6, 6.07) is 18.0. The lowest BCUT2D eigenvalue weighted by Crippen LogP contribution is -2.33. The van der Waals surface area contributed by atoms with Crippen LogP contribution >= 0.6 is 0 Å². The Labute approximate surface area is 211 Å². The average Bonchev–Trinajstić information content (AvgIpc) is 2.90. The van der Waals surface area contributed by atoms with Gasteiger partial charge in [-0.15, -0.1) is 0 Å². The Balaban J connectivity index is 1.61.